The Labute approximate surface area is 132 Å². The standard InChI is InChI=1S/C18H37N3/c1-5-6-9-19-10-7-18(8-11-19)21-14-12-20(13-15-21)17(4)16(2)3/h16-18H,5-15H2,1-4H3. The van der Waals surface area contributed by atoms with Gasteiger partial charge in [-0.15, -0.1) is 0 Å². The zero-order chi connectivity index (χ0) is 15.2. The third-order valence-corrected chi connectivity index (χ3v) is 5.79. The van der Waals surface area contributed by atoms with Crippen LogP contribution in [0.15, 0.2) is 0 Å². The van der Waals surface area contributed by atoms with Crippen molar-refractivity contribution in [3.05, 3.63) is 0 Å². The summed E-state index contributed by atoms with van der Waals surface area (Å²) in [5.74, 6) is 0.776. The topological polar surface area (TPSA) is 9.72 Å². The Morgan fingerprint density at radius 2 is 1.52 bits per heavy atom. The highest BCUT2D eigenvalue weighted by atomic mass is 15.3. The molecule has 0 N–H and O–H groups in total. The molecular weight excluding hydrogens is 258 g/mol. The molecule has 0 amide bonds. The van der Waals surface area contributed by atoms with Gasteiger partial charge in [0.05, 0.1) is 0 Å². The summed E-state index contributed by atoms with van der Waals surface area (Å²) in [5.41, 5.74) is 0. The van der Waals surface area contributed by atoms with E-state index in [0.717, 1.165) is 18.0 Å². The first kappa shape index (κ1) is 17.2. The molecule has 1 unspecified atom stereocenters. The van der Waals surface area contributed by atoms with Crippen molar-refractivity contribution in [2.75, 3.05) is 45.8 Å². The Kier molecular flexibility index (Phi) is 6.97. The van der Waals surface area contributed by atoms with Crippen LogP contribution < -0.4 is 0 Å². The van der Waals surface area contributed by atoms with Gasteiger partial charge in [0.2, 0.25) is 0 Å². The van der Waals surface area contributed by atoms with Crippen LogP contribution in [0.2, 0.25) is 0 Å². The van der Waals surface area contributed by atoms with Gasteiger partial charge < -0.3 is 4.90 Å². The van der Waals surface area contributed by atoms with Crippen LogP contribution in [0.3, 0.4) is 0 Å². The molecule has 0 radical (unpaired) electrons. The molecule has 0 bridgehead atoms. The lowest BCUT2D eigenvalue weighted by Gasteiger charge is -2.44. The molecule has 0 aromatic heterocycles. The maximum atomic E-state index is 2.78. The highest BCUT2D eigenvalue weighted by Gasteiger charge is 2.29. The van der Waals surface area contributed by atoms with Crippen molar-refractivity contribution in [2.45, 2.75) is 65.5 Å². The predicted octanol–water partition coefficient (Wildman–Crippen LogP) is 2.91. The van der Waals surface area contributed by atoms with Crippen LogP contribution in [-0.2, 0) is 0 Å². The molecule has 2 fully saturated rings. The van der Waals surface area contributed by atoms with Crippen molar-refractivity contribution in [1.29, 1.82) is 0 Å². The smallest absolute Gasteiger partial charge is 0.0121 e. The molecule has 2 saturated heterocycles. The van der Waals surface area contributed by atoms with Crippen LogP contribution in [0.1, 0.15) is 53.4 Å². The Hall–Kier alpha value is -0.120. The third kappa shape index (κ3) is 4.94. The minimum Gasteiger partial charge on any atom is -0.303 e. The van der Waals surface area contributed by atoms with E-state index in [2.05, 4.69) is 42.4 Å². The van der Waals surface area contributed by atoms with Crippen molar-refractivity contribution in [3.8, 4) is 0 Å². The lowest BCUT2D eigenvalue weighted by atomic mass is 10.0. The molecule has 0 aromatic rings. The molecule has 2 rings (SSSR count). The minimum atomic E-state index is 0.739. The maximum Gasteiger partial charge on any atom is 0.0121 e. The molecule has 3 nitrogen and oxygen atoms in total. The second kappa shape index (κ2) is 8.50. The summed E-state index contributed by atoms with van der Waals surface area (Å²) >= 11 is 0. The van der Waals surface area contributed by atoms with E-state index < -0.39 is 0 Å². The van der Waals surface area contributed by atoms with E-state index in [1.54, 1.807) is 0 Å². The monoisotopic (exact) mass is 295 g/mol. The van der Waals surface area contributed by atoms with Crippen LogP contribution >= 0.6 is 0 Å². The molecule has 2 heterocycles. The van der Waals surface area contributed by atoms with Gasteiger partial charge in [-0.25, -0.2) is 0 Å². The van der Waals surface area contributed by atoms with Gasteiger partial charge in [0.25, 0.3) is 0 Å². The van der Waals surface area contributed by atoms with Gasteiger partial charge in [-0.05, 0) is 51.7 Å². The molecular formula is C18H37N3. The van der Waals surface area contributed by atoms with Gasteiger partial charge in [0, 0.05) is 38.3 Å². The second-order valence-corrected chi connectivity index (χ2v) is 7.48. The number of piperidine rings is 1. The fourth-order valence-corrected chi connectivity index (χ4v) is 3.82. The summed E-state index contributed by atoms with van der Waals surface area (Å²) < 4.78 is 0. The number of rotatable bonds is 6. The number of unbranched alkanes of at least 4 members (excludes halogenated alkanes) is 1. The Morgan fingerprint density at radius 3 is 2.05 bits per heavy atom. The van der Waals surface area contributed by atoms with Crippen molar-refractivity contribution in [2.24, 2.45) is 5.92 Å². The molecule has 0 aromatic carbocycles. The first-order valence-electron chi connectivity index (χ1n) is 9.32. The summed E-state index contributed by atoms with van der Waals surface area (Å²) in [6, 6.07) is 1.60. The molecule has 2 aliphatic heterocycles. The van der Waals surface area contributed by atoms with Crippen LogP contribution in [0.25, 0.3) is 0 Å². The van der Waals surface area contributed by atoms with Gasteiger partial charge in [0.1, 0.15) is 0 Å². The molecule has 3 heteroatoms. The van der Waals surface area contributed by atoms with E-state index in [4.69, 9.17) is 0 Å². The quantitative estimate of drug-likeness (QED) is 0.746. The summed E-state index contributed by atoms with van der Waals surface area (Å²) in [5, 5.41) is 0. The predicted molar refractivity (Wildman–Crippen MR) is 91.8 cm³/mol. The van der Waals surface area contributed by atoms with E-state index in [1.165, 1.54) is 71.5 Å². The summed E-state index contributed by atoms with van der Waals surface area (Å²) in [7, 11) is 0. The highest BCUT2D eigenvalue weighted by Crippen LogP contribution is 2.20. The Bertz CT molecular complexity index is 276. The first-order chi connectivity index (χ1) is 10.1. The van der Waals surface area contributed by atoms with E-state index in [1.807, 2.05) is 0 Å². The Morgan fingerprint density at radius 1 is 0.905 bits per heavy atom. The molecule has 124 valence electrons. The minimum absolute atomic E-state index is 0.739. The number of hydrogen-bond acceptors (Lipinski definition) is 3. The number of likely N-dealkylation sites (tertiary alicyclic amines) is 1. The molecule has 21 heavy (non-hydrogen) atoms. The normalized spacial score (nSPS) is 25.6. The van der Waals surface area contributed by atoms with Crippen LogP contribution in [-0.4, -0.2) is 72.6 Å². The summed E-state index contributed by atoms with van der Waals surface area (Å²) in [6.45, 7) is 18.5. The van der Waals surface area contributed by atoms with Gasteiger partial charge >= 0.3 is 0 Å². The SMILES string of the molecule is CCCCN1CCC(N2CCN(C(C)C(C)C)CC2)CC1. The zero-order valence-electron chi connectivity index (χ0n) is 14.9. The number of piperazine rings is 1. The van der Waals surface area contributed by atoms with Gasteiger partial charge in [-0.2, -0.15) is 0 Å². The third-order valence-electron chi connectivity index (χ3n) is 5.79. The van der Waals surface area contributed by atoms with Gasteiger partial charge in [-0.3, -0.25) is 9.80 Å². The molecule has 2 aliphatic rings. The number of nitrogens with zero attached hydrogens (tertiary/aromatic N) is 3. The Balaban J connectivity index is 1.69. The van der Waals surface area contributed by atoms with E-state index >= 15 is 0 Å². The fourth-order valence-electron chi connectivity index (χ4n) is 3.82. The average molecular weight is 296 g/mol. The fraction of sp³-hybridized carbons (Fsp3) is 1.00. The van der Waals surface area contributed by atoms with Crippen LogP contribution in [0.5, 0.6) is 0 Å². The lowest BCUT2D eigenvalue weighted by Crippen LogP contribution is -2.55. The van der Waals surface area contributed by atoms with Gasteiger partial charge in [-0.1, -0.05) is 27.2 Å². The van der Waals surface area contributed by atoms with Crippen LogP contribution in [0.4, 0.5) is 0 Å². The van der Waals surface area contributed by atoms with Crippen molar-refractivity contribution in [1.82, 2.24) is 14.7 Å². The van der Waals surface area contributed by atoms with Crippen molar-refractivity contribution >= 4 is 0 Å². The summed E-state index contributed by atoms with van der Waals surface area (Å²) in [6.07, 6.45) is 5.49. The summed E-state index contributed by atoms with van der Waals surface area (Å²) in [4.78, 5) is 8.15. The molecule has 0 spiro atoms. The van der Waals surface area contributed by atoms with Crippen molar-refractivity contribution in [3.63, 3.8) is 0 Å². The second-order valence-electron chi connectivity index (χ2n) is 7.48. The zero-order valence-corrected chi connectivity index (χ0v) is 14.9. The maximum absolute atomic E-state index is 2.78. The molecule has 1 atom stereocenters. The lowest BCUT2D eigenvalue weighted by molar-refractivity contribution is 0.0370. The largest absolute Gasteiger partial charge is 0.303 e. The van der Waals surface area contributed by atoms with Crippen molar-refractivity contribution < 1.29 is 0 Å². The molecule has 0 saturated carbocycles. The van der Waals surface area contributed by atoms with E-state index in [9.17, 15) is 0 Å². The van der Waals surface area contributed by atoms with Crippen LogP contribution in [0, 0.1) is 5.92 Å². The highest BCUT2D eigenvalue weighted by molar-refractivity contribution is 4.85. The van der Waals surface area contributed by atoms with Gasteiger partial charge in [0.15, 0.2) is 0 Å². The number of hydrogen-bond donors (Lipinski definition) is 0. The average Bonchev–Trinajstić information content (AvgIpc) is 2.53. The van der Waals surface area contributed by atoms with E-state index in [0.29, 0.717) is 0 Å². The van der Waals surface area contributed by atoms with E-state index in [-0.39, 0.29) is 0 Å². The molecule has 0 aliphatic carbocycles. The first-order valence-corrected chi connectivity index (χ1v) is 9.32.